The van der Waals surface area contributed by atoms with E-state index in [0.717, 1.165) is 32.7 Å². The number of hydrogen-bond donors (Lipinski definition) is 0. The fourth-order valence-corrected chi connectivity index (χ4v) is 2.51. The van der Waals surface area contributed by atoms with Gasteiger partial charge in [-0.25, -0.2) is 0 Å². The lowest BCUT2D eigenvalue weighted by molar-refractivity contribution is -0.385. The first-order valence-electron chi connectivity index (χ1n) is 7.07. The van der Waals surface area contributed by atoms with Crippen molar-refractivity contribution in [2.75, 3.05) is 53.5 Å². The number of likely N-dealkylation sites (N-methyl/N-ethyl adjacent to an activating group) is 1. The third-order valence-corrected chi connectivity index (χ3v) is 3.99. The van der Waals surface area contributed by atoms with Crippen LogP contribution in [0.1, 0.15) is 0 Å². The number of ether oxygens (including phenoxy) is 2. The molecule has 0 N–H and O–H groups in total. The van der Waals surface area contributed by atoms with Gasteiger partial charge in [0, 0.05) is 44.9 Å². The normalized spacial score (nSPS) is 16.5. The smallest absolute Gasteiger partial charge is 0.312 e. The molecule has 1 heterocycles. The zero-order valence-corrected chi connectivity index (χ0v) is 13.5. The first kappa shape index (κ1) is 16.8. The number of methoxy groups -OCH3 is 1. The monoisotopic (exact) mass is 329 g/mol. The Balaban J connectivity index is 1.93. The lowest BCUT2D eigenvalue weighted by atomic mass is 10.2. The Labute approximate surface area is 134 Å². The average Bonchev–Trinajstić information content (AvgIpc) is 2.50. The molecule has 0 bridgehead atoms. The molecule has 1 fully saturated rings. The predicted molar refractivity (Wildman–Crippen MR) is 84.1 cm³/mol. The van der Waals surface area contributed by atoms with Gasteiger partial charge in [-0.15, -0.1) is 0 Å². The summed E-state index contributed by atoms with van der Waals surface area (Å²) in [5, 5.41) is 11.1. The van der Waals surface area contributed by atoms with Crippen LogP contribution in [0.2, 0.25) is 5.02 Å². The molecule has 0 aliphatic carbocycles. The van der Waals surface area contributed by atoms with E-state index in [2.05, 4.69) is 16.8 Å². The Morgan fingerprint density at radius 1 is 1.27 bits per heavy atom. The highest BCUT2D eigenvalue weighted by Crippen LogP contribution is 2.37. The minimum atomic E-state index is -0.529. The highest BCUT2D eigenvalue weighted by molar-refractivity contribution is 6.32. The van der Waals surface area contributed by atoms with Crippen molar-refractivity contribution in [3.8, 4) is 11.5 Å². The Bertz CT molecular complexity index is 533. The summed E-state index contributed by atoms with van der Waals surface area (Å²) >= 11 is 6.04. The zero-order valence-electron chi connectivity index (χ0n) is 12.7. The van der Waals surface area contributed by atoms with Crippen LogP contribution in [0.25, 0.3) is 0 Å². The Kier molecular flexibility index (Phi) is 5.82. The summed E-state index contributed by atoms with van der Waals surface area (Å²) in [5.74, 6) is 0.544. The molecule has 22 heavy (non-hydrogen) atoms. The van der Waals surface area contributed by atoms with Gasteiger partial charge in [0.15, 0.2) is 0 Å². The van der Waals surface area contributed by atoms with Crippen LogP contribution < -0.4 is 9.47 Å². The summed E-state index contributed by atoms with van der Waals surface area (Å²) in [7, 11) is 3.49. The van der Waals surface area contributed by atoms with E-state index in [1.807, 2.05) is 0 Å². The Morgan fingerprint density at radius 3 is 2.55 bits per heavy atom. The largest absolute Gasteiger partial charge is 0.491 e. The Morgan fingerprint density at radius 2 is 1.95 bits per heavy atom. The lowest BCUT2D eigenvalue weighted by Crippen LogP contribution is -2.45. The fraction of sp³-hybridized carbons (Fsp3) is 0.571. The molecule has 0 unspecified atom stereocenters. The second kappa shape index (κ2) is 7.62. The van der Waals surface area contributed by atoms with Gasteiger partial charge in [-0.2, -0.15) is 0 Å². The molecule has 2 rings (SSSR count). The molecule has 0 radical (unpaired) electrons. The summed E-state index contributed by atoms with van der Waals surface area (Å²) in [4.78, 5) is 15.0. The molecule has 1 aliphatic rings. The van der Waals surface area contributed by atoms with Crippen molar-refractivity contribution in [3.05, 3.63) is 27.3 Å². The van der Waals surface area contributed by atoms with Crippen molar-refractivity contribution in [3.63, 3.8) is 0 Å². The van der Waals surface area contributed by atoms with E-state index in [1.54, 1.807) is 0 Å². The molecule has 7 nitrogen and oxygen atoms in total. The first-order valence-corrected chi connectivity index (χ1v) is 7.44. The minimum Gasteiger partial charge on any atom is -0.491 e. The first-order chi connectivity index (χ1) is 10.5. The van der Waals surface area contributed by atoms with Gasteiger partial charge in [-0.05, 0) is 7.05 Å². The van der Waals surface area contributed by atoms with Gasteiger partial charge >= 0.3 is 5.69 Å². The van der Waals surface area contributed by atoms with Crippen molar-refractivity contribution in [2.24, 2.45) is 0 Å². The SMILES string of the molecule is COc1cc(OCCN2CCN(C)CC2)c(Cl)cc1[N+](=O)[O-]. The van der Waals surface area contributed by atoms with Gasteiger partial charge in [0.2, 0.25) is 5.75 Å². The van der Waals surface area contributed by atoms with Crippen LogP contribution in [0.3, 0.4) is 0 Å². The number of hydrogen-bond acceptors (Lipinski definition) is 6. The maximum Gasteiger partial charge on any atom is 0.312 e. The van der Waals surface area contributed by atoms with Gasteiger partial charge < -0.3 is 14.4 Å². The van der Waals surface area contributed by atoms with Crippen LogP contribution in [-0.2, 0) is 0 Å². The molecule has 1 aromatic carbocycles. The summed E-state index contributed by atoms with van der Waals surface area (Å²) in [6.07, 6.45) is 0. The van der Waals surface area contributed by atoms with Crippen molar-refractivity contribution in [1.82, 2.24) is 9.80 Å². The molecular weight excluding hydrogens is 310 g/mol. The quantitative estimate of drug-likeness (QED) is 0.586. The molecule has 0 aromatic heterocycles. The summed E-state index contributed by atoms with van der Waals surface area (Å²) in [6.45, 7) is 5.39. The Hall–Kier alpha value is -1.57. The molecule has 0 atom stereocenters. The second-order valence-corrected chi connectivity index (χ2v) is 5.61. The van der Waals surface area contributed by atoms with E-state index in [0.29, 0.717) is 12.4 Å². The number of rotatable bonds is 6. The molecule has 1 aromatic rings. The van der Waals surface area contributed by atoms with Gasteiger partial charge in [-0.1, -0.05) is 11.6 Å². The van der Waals surface area contributed by atoms with Crippen LogP contribution in [-0.4, -0.2) is 68.2 Å². The third-order valence-electron chi connectivity index (χ3n) is 3.69. The summed E-state index contributed by atoms with van der Waals surface area (Å²) in [5.41, 5.74) is -0.168. The van der Waals surface area contributed by atoms with Crippen LogP contribution >= 0.6 is 11.6 Å². The van der Waals surface area contributed by atoms with Crippen molar-refractivity contribution < 1.29 is 14.4 Å². The maximum absolute atomic E-state index is 10.9. The van der Waals surface area contributed by atoms with Crippen LogP contribution in [0.5, 0.6) is 11.5 Å². The molecule has 1 saturated heterocycles. The van der Waals surface area contributed by atoms with Gasteiger partial charge in [0.1, 0.15) is 12.4 Å². The number of benzene rings is 1. The molecule has 1 aliphatic heterocycles. The molecular formula is C14H20ClN3O4. The number of piperazine rings is 1. The van der Waals surface area contributed by atoms with E-state index >= 15 is 0 Å². The number of nitrogens with zero attached hydrogens (tertiary/aromatic N) is 3. The number of halogens is 1. The van der Waals surface area contributed by atoms with E-state index in [9.17, 15) is 10.1 Å². The van der Waals surface area contributed by atoms with E-state index in [1.165, 1.54) is 19.2 Å². The van der Waals surface area contributed by atoms with Crippen molar-refractivity contribution in [2.45, 2.75) is 0 Å². The van der Waals surface area contributed by atoms with Crippen LogP contribution in [0.15, 0.2) is 12.1 Å². The van der Waals surface area contributed by atoms with Gasteiger partial charge in [-0.3, -0.25) is 15.0 Å². The number of nitro benzene ring substituents is 1. The molecule has 122 valence electrons. The molecule has 8 heteroatoms. The summed E-state index contributed by atoms with van der Waals surface area (Å²) in [6, 6.07) is 2.72. The molecule has 0 amide bonds. The van der Waals surface area contributed by atoms with Crippen LogP contribution in [0, 0.1) is 10.1 Å². The topological polar surface area (TPSA) is 68.1 Å². The predicted octanol–water partition coefficient (Wildman–Crippen LogP) is 1.88. The third kappa shape index (κ3) is 4.22. The highest BCUT2D eigenvalue weighted by Gasteiger charge is 2.19. The highest BCUT2D eigenvalue weighted by atomic mass is 35.5. The molecule has 0 saturated carbocycles. The maximum atomic E-state index is 10.9. The van der Waals surface area contributed by atoms with Gasteiger partial charge in [0.25, 0.3) is 0 Å². The van der Waals surface area contributed by atoms with E-state index in [-0.39, 0.29) is 16.5 Å². The zero-order chi connectivity index (χ0) is 16.1. The molecule has 0 spiro atoms. The van der Waals surface area contributed by atoms with Crippen LogP contribution in [0.4, 0.5) is 5.69 Å². The fourth-order valence-electron chi connectivity index (χ4n) is 2.30. The minimum absolute atomic E-state index is 0.143. The second-order valence-electron chi connectivity index (χ2n) is 5.20. The average molecular weight is 330 g/mol. The standard InChI is InChI=1S/C14H20ClN3O4/c1-16-3-5-17(6-4-16)7-8-22-13-10-14(21-2)12(18(19)20)9-11(13)15/h9-10H,3-8H2,1-2H3. The van der Waals surface area contributed by atoms with Crippen molar-refractivity contribution >= 4 is 17.3 Å². The number of nitro groups is 1. The van der Waals surface area contributed by atoms with E-state index in [4.69, 9.17) is 21.1 Å². The van der Waals surface area contributed by atoms with Gasteiger partial charge in [0.05, 0.1) is 17.1 Å². The lowest BCUT2D eigenvalue weighted by Gasteiger charge is -2.32. The van der Waals surface area contributed by atoms with E-state index < -0.39 is 4.92 Å². The van der Waals surface area contributed by atoms with Crippen molar-refractivity contribution in [1.29, 1.82) is 0 Å². The summed E-state index contributed by atoms with van der Waals surface area (Å²) < 4.78 is 10.7.